The molecule has 23 heavy (non-hydrogen) atoms. The number of hydrogen-bond acceptors (Lipinski definition) is 2. The second kappa shape index (κ2) is 5.15. The van der Waals surface area contributed by atoms with Crippen molar-refractivity contribution in [3.63, 3.8) is 0 Å². The number of aromatic nitrogens is 3. The molecule has 0 unspecified atom stereocenters. The summed E-state index contributed by atoms with van der Waals surface area (Å²) in [6, 6.07) is 13.0. The van der Waals surface area contributed by atoms with Crippen LogP contribution in [-0.2, 0) is 6.42 Å². The molecule has 1 aromatic heterocycles. The second-order valence-corrected chi connectivity index (χ2v) is 5.54. The molecule has 0 bridgehead atoms. The predicted octanol–water partition coefficient (Wildman–Crippen LogP) is 2.85. The van der Waals surface area contributed by atoms with Gasteiger partial charge in [-0.3, -0.25) is 4.57 Å². The summed E-state index contributed by atoms with van der Waals surface area (Å²) >= 11 is 0. The van der Waals surface area contributed by atoms with Gasteiger partial charge in [-0.2, -0.15) is 4.68 Å². The highest BCUT2D eigenvalue weighted by Crippen LogP contribution is 2.29. The maximum absolute atomic E-state index is 13.4. The number of aryl methyl sites for hydroxylation is 1. The number of benzene rings is 2. The quantitative estimate of drug-likeness (QED) is 0.730. The lowest BCUT2D eigenvalue weighted by Crippen LogP contribution is -2.26. The molecule has 4 nitrogen and oxygen atoms in total. The molecule has 0 N–H and O–H groups in total. The Kier molecular flexibility index (Phi) is 3.11. The van der Waals surface area contributed by atoms with E-state index >= 15 is 0 Å². The van der Waals surface area contributed by atoms with Crippen LogP contribution in [-0.4, -0.2) is 14.3 Å². The summed E-state index contributed by atoms with van der Waals surface area (Å²) in [5.74, 6) is -1.29. The van der Waals surface area contributed by atoms with E-state index in [0.717, 1.165) is 28.8 Å². The van der Waals surface area contributed by atoms with Crippen LogP contribution in [0.1, 0.15) is 23.9 Å². The second-order valence-electron chi connectivity index (χ2n) is 5.54. The molecule has 1 atom stereocenters. The Hall–Kier alpha value is -2.76. The van der Waals surface area contributed by atoms with Crippen molar-refractivity contribution in [1.29, 1.82) is 0 Å². The van der Waals surface area contributed by atoms with Gasteiger partial charge in [0.05, 0.1) is 11.7 Å². The van der Waals surface area contributed by atoms with E-state index in [4.69, 9.17) is 0 Å². The maximum atomic E-state index is 13.4. The average molecular weight is 313 g/mol. The number of nitrogens with zero attached hydrogens (tertiary/aromatic N) is 3. The van der Waals surface area contributed by atoms with E-state index in [1.807, 2.05) is 30.3 Å². The Bertz CT molecular complexity index is 931. The highest BCUT2D eigenvalue weighted by molar-refractivity contribution is 5.32. The molecule has 0 saturated carbocycles. The normalized spacial score (nSPS) is 16.5. The van der Waals surface area contributed by atoms with Crippen LogP contribution < -0.4 is 5.69 Å². The van der Waals surface area contributed by atoms with E-state index in [9.17, 15) is 13.6 Å². The zero-order chi connectivity index (χ0) is 16.0. The monoisotopic (exact) mass is 313 g/mol. The molecule has 0 radical (unpaired) electrons. The van der Waals surface area contributed by atoms with Crippen LogP contribution in [0.4, 0.5) is 8.78 Å². The average Bonchev–Trinajstić information content (AvgIpc) is 3.12. The van der Waals surface area contributed by atoms with Crippen molar-refractivity contribution in [3.8, 4) is 5.69 Å². The molecule has 4 rings (SSSR count). The summed E-state index contributed by atoms with van der Waals surface area (Å²) in [6.07, 6.45) is 1.48. The highest BCUT2D eigenvalue weighted by Gasteiger charge is 2.29. The Balaban J connectivity index is 1.82. The SMILES string of the molecule is O=c1n(-c2ccc(F)c(F)c2)nc2n1[C@H](c1ccccc1)CC2. The first-order valence-electron chi connectivity index (χ1n) is 7.36. The van der Waals surface area contributed by atoms with Gasteiger partial charge in [-0.25, -0.2) is 13.6 Å². The van der Waals surface area contributed by atoms with E-state index in [1.165, 1.54) is 6.07 Å². The van der Waals surface area contributed by atoms with Gasteiger partial charge in [0.1, 0.15) is 5.82 Å². The largest absolute Gasteiger partial charge is 0.351 e. The lowest BCUT2D eigenvalue weighted by molar-refractivity contribution is 0.507. The highest BCUT2D eigenvalue weighted by atomic mass is 19.2. The zero-order valence-corrected chi connectivity index (χ0v) is 12.1. The number of rotatable bonds is 2. The molecule has 2 heterocycles. The maximum Gasteiger partial charge on any atom is 0.351 e. The first-order valence-corrected chi connectivity index (χ1v) is 7.36. The molecular formula is C17H13F2N3O. The number of hydrogen-bond donors (Lipinski definition) is 0. The van der Waals surface area contributed by atoms with Crippen molar-refractivity contribution < 1.29 is 8.78 Å². The molecule has 0 saturated heterocycles. The van der Waals surface area contributed by atoms with E-state index in [1.54, 1.807) is 4.57 Å². The number of fused-ring (bicyclic) bond motifs is 1. The lowest BCUT2D eigenvalue weighted by atomic mass is 10.1. The third-order valence-corrected chi connectivity index (χ3v) is 4.17. The van der Waals surface area contributed by atoms with E-state index in [-0.39, 0.29) is 17.4 Å². The lowest BCUT2D eigenvalue weighted by Gasteiger charge is -2.11. The van der Waals surface area contributed by atoms with Gasteiger partial charge in [0.2, 0.25) is 0 Å². The van der Waals surface area contributed by atoms with Crippen LogP contribution in [0.3, 0.4) is 0 Å². The minimum Gasteiger partial charge on any atom is -0.271 e. The molecule has 1 aliphatic heterocycles. The molecule has 0 spiro atoms. The van der Waals surface area contributed by atoms with Gasteiger partial charge in [0, 0.05) is 12.5 Å². The first kappa shape index (κ1) is 13.9. The molecule has 0 fully saturated rings. The van der Waals surface area contributed by atoms with Crippen LogP contribution in [0, 0.1) is 11.6 Å². The van der Waals surface area contributed by atoms with Gasteiger partial charge in [0.25, 0.3) is 0 Å². The van der Waals surface area contributed by atoms with Crippen molar-refractivity contribution in [2.75, 3.05) is 0 Å². The van der Waals surface area contributed by atoms with Crippen molar-refractivity contribution >= 4 is 0 Å². The van der Waals surface area contributed by atoms with Crippen LogP contribution in [0.2, 0.25) is 0 Å². The molecule has 1 aliphatic rings. The van der Waals surface area contributed by atoms with Crippen LogP contribution >= 0.6 is 0 Å². The number of halogens is 2. The van der Waals surface area contributed by atoms with Gasteiger partial charge >= 0.3 is 5.69 Å². The first-order chi connectivity index (χ1) is 11.1. The Morgan fingerprint density at radius 3 is 2.57 bits per heavy atom. The summed E-state index contributed by atoms with van der Waals surface area (Å²) in [5, 5.41) is 4.29. The van der Waals surface area contributed by atoms with Gasteiger partial charge in [-0.05, 0) is 24.1 Å². The topological polar surface area (TPSA) is 39.8 Å². The van der Waals surface area contributed by atoms with Crippen molar-refractivity contribution in [2.45, 2.75) is 18.9 Å². The third kappa shape index (κ3) is 2.18. The van der Waals surface area contributed by atoms with E-state index < -0.39 is 11.6 Å². The summed E-state index contributed by atoms with van der Waals surface area (Å²) in [4.78, 5) is 12.7. The summed E-state index contributed by atoms with van der Waals surface area (Å²) in [7, 11) is 0. The van der Waals surface area contributed by atoms with Crippen molar-refractivity contribution in [3.05, 3.63) is 82.0 Å². The summed E-state index contributed by atoms with van der Waals surface area (Å²) in [6.45, 7) is 0. The van der Waals surface area contributed by atoms with E-state index in [2.05, 4.69) is 5.10 Å². The van der Waals surface area contributed by atoms with Crippen LogP contribution in [0.15, 0.2) is 53.3 Å². The van der Waals surface area contributed by atoms with Gasteiger partial charge in [-0.15, -0.1) is 5.10 Å². The standard InChI is InChI=1S/C17H13F2N3O/c18-13-7-6-12(10-14(13)19)22-17(23)21-15(8-9-16(21)20-22)11-4-2-1-3-5-11/h1-7,10,15H,8-9H2/t15-/m0/s1. The fourth-order valence-corrected chi connectivity index (χ4v) is 3.07. The zero-order valence-electron chi connectivity index (χ0n) is 12.1. The fraction of sp³-hybridized carbons (Fsp3) is 0.176. The third-order valence-electron chi connectivity index (χ3n) is 4.17. The Morgan fingerprint density at radius 1 is 1.04 bits per heavy atom. The fourth-order valence-electron chi connectivity index (χ4n) is 3.07. The Labute approximate surface area is 130 Å². The molecule has 3 aromatic rings. The molecule has 0 aliphatic carbocycles. The minimum atomic E-state index is -0.998. The summed E-state index contributed by atoms with van der Waals surface area (Å²) < 4.78 is 29.3. The molecule has 116 valence electrons. The molecular weight excluding hydrogens is 300 g/mol. The van der Waals surface area contributed by atoms with Gasteiger partial charge in [-0.1, -0.05) is 30.3 Å². The van der Waals surface area contributed by atoms with Gasteiger partial charge < -0.3 is 0 Å². The minimum absolute atomic E-state index is 0.0715. The smallest absolute Gasteiger partial charge is 0.271 e. The van der Waals surface area contributed by atoms with Crippen LogP contribution in [0.25, 0.3) is 5.69 Å². The molecule has 6 heteroatoms. The van der Waals surface area contributed by atoms with Crippen LogP contribution in [0.5, 0.6) is 0 Å². The Morgan fingerprint density at radius 2 is 1.83 bits per heavy atom. The molecule has 0 amide bonds. The predicted molar refractivity (Wildman–Crippen MR) is 80.6 cm³/mol. The summed E-state index contributed by atoms with van der Waals surface area (Å²) in [5.41, 5.74) is 0.929. The van der Waals surface area contributed by atoms with E-state index in [0.29, 0.717) is 12.2 Å². The van der Waals surface area contributed by atoms with Crippen molar-refractivity contribution in [1.82, 2.24) is 14.3 Å². The molecule has 2 aromatic carbocycles. The van der Waals surface area contributed by atoms with Gasteiger partial charge in [0.15, 0.2) is 11.6 Å². The van der Waals surface area contributed by atoms with Crippen molar-refractivity contribution in [2.24, 2.45) is 0 Å².